The molecule has 0 N–H and O–H groups in total. The molecule has 2 aromatic rings. The lowest BCUT2D eigenvalue weighted by molar-refractivity contribution is 0.191. The van der Waals surface area contributed by atoms with E-state index in [4.69, 9.17) is 4.74 Å². The highest BCUT2D eigenvalue weighted by Crippen LogP contribution is 2.18. The molecule has 5 heteroatoms. The van der Waals surface area contributed by atoms with E-state index < -0.39 is 6.86 Å². The van der Waals surface area contributed by atoms with Crippen molar-refractivity contribution >= 4 is 11.3 Å². The summed E-state index contributed by atoms with van der Waals surface area (Å²) in [6.07, 6.45) is 0. The van der Waals surface area contributed by atoms with Crippen molar-refractivity contribution in [3.63, 3.8) is 0 Å². The Balaban J connectivity index is 1.90. The SMILES string of the molecule is FCOc1ccc(OCc2cscn2)cc1. The molecule has 1 heterocycles. The van der Waals surface area contributed by atoms with Gasteiger partial charge in [-0.1, -0.05) is 0 Å². The average Bonchev–Trinajstić information content (AvgIpc) is 2.82. The first kappa shape index (κ1) is 10.9. The molecule has 3 nitrogen and oxygen atoms in total. The van der Waals surface area contributed by atoms with Crippen LogP contribution in [0.2, 0.25) is 0 Å². The van der Waals surface area contributed by atoms with Crippen LogP contribution in [0.4, 0.5) is 4.39 Å². The van der Waals surface area contributed by atoms with Crippen molar-refractivity contribution < 1.29 is 13.9 Å². The molecule has 84 valence electrons. The van der Waals surface area contributed by atoms with E-state index in [0.29, 0.717) is 18.1 Å². The summed E-state index contributed by atoms with van der Waals surface area (Å²) in [5.41, 5.74) is 2.66. The van der Waals surface area contributed by atoms with Crippen molar-refractivity contribution in [2.45, 2.75) is 6.61 Å². The van der Waals surface area contributed by atoms with Crippen LogP contribution >= 0.6 is 11.3 Å². The van der Waals surface area contributed by atoms with Crippen molar-refractivity contribution in [1.82, 2.24) is 4.98 Å². The fourth-order valence-corrected chi connectivity index (χ4v) is 1.70. The second-order valence-corrected chi connectivity index (χ2v) is 3.71. The summed E-state index contributed by atoms with van der Waals surface area (Å²) in [5, 5.41) is 1.93. The third-order valence-electron chi connectivity index (χ3n) is 1.92. The molecule has 0 radical (unpaired) electrons. The highest BCUT2D eigenvalue weighted by atomic mass is 32.1. The highest BCUT2D eigenvalue weighted by molar-refractivity contribution is 7.07. The molecule has 2 rings (SSSR count). The molecule has 0 saturated carbocycles. The van der Waals surface area contributed by atoms with Crippen LogP contribution in [0.25, 0.3) is 0 Å². The highest BCUT2D eigenvalue weighted by Gasteiger charge is 1.98. The molecule has 0 bridgehead atoms. The number of thiazole rings is 1. The molecular formula is C11H10FNO2S. The summed E-state index contributed by atoms with van der Waals surface area (Å²) in [6, 6.07) is 6.79. The van der Waals surface area contributed by atoms with Gasteiger partial charge in [0.05, 0.1) is 11.2 Å². The van der Waals surface area contributed by atoms with Gasteiger partial charge in [-0.3, -0.25) is 0 Å². The number of rotatable bonds is 5. The standard InChI is InChI=1S/C11H10FNO2S/c12-7-15-11-3-1-10(2-4-11)14-5-9-6-16-8-13-9/h1-4,6,8H,5,7H2. The fourth-order valence-electron chi connectivity index (χ4n) is 1.16. The summed E-state index contributed by atoms with van der Waals surface area (Å²) >= 11 is 1.53. The summed E-state index contributed by atoms with van der Waals surface area (Å²) in [5.74, 6) is 1.20. The zero-order valence-electron chi connectivity index (χ0n) is 8.43. The number of hydrogen-bond donors (Lipinski definition) is 0. The third kappa shape index (κ3) is 2.93. The Bertz CT molecular complexity index is 416. The predicted molar refractivity (Wildman–Crippen MR) is 59.5 cm³/mol. The van der Waals surface area contributed by atoms with E-state index in [-0.39, 0.29) is 0 Å². The molecule has 16 heavy (non-hydrogen) atoms. The molecule has 0 amide bonds. The zero-order valence-corrected chi connectivity index (χ0v) is 9.24. The van der Waals surface area contributed by atoms with Gasteiger partial charge in [-0.15, -0.1) is 11.3 Å². The van der Waals surface area contributed by atoms with Gasteiger partial charge in [-0.05, 0) is 24.3 Å². The number of benzene rings is 1. The van der Waals surface area contributed by atoms with E-state index in [1.165, 1.54) is 11.3 Å². The van der Waals surface area contributed by atoms with E-state index in [1.807, 2.05) is 5.38 Å². The lowest BCUT2D eigenvalue weighted by Crippen LogP contribution is -1.95. The Morgan fingerprint density at radius 1 is 1.12 bits per heavy atom. The molecule has 0 fully saturated rings. The minimum atomic E-state index is -0.820. The predicted octanol–water partition coefficient (Wildman–Crippen LogP) is 3.03. The van der Waals surface area contributed by atoms with Gasteiger partial charge in [-0.2, -0.15) is 0 Å². The minimum absolute atomic E-state index is 0.437. The van der Waals surface area contributed by atoms with E-state index in [2.05, 4.69) is 9.72 Å². The number of nitrogens with zero attached hydrogens (tertiary/aromatic N) is 1. The summed E-state index contributed by atoms with van der Waals surface area (Å²) < 4.78 is 22.0. The van der Waals surface area contributed by atoms with Crippen molar-refractivity contribution in [1.29, 1.82) is 0 Å². The molecule has 0 saturated heterocycles. The normalized spacial score (nSPS) is 10.1. The van der Waals surface area contributed by atoms with Crippen molar-refractivity contribution in [3.8, 4) is 11.5 Å². The number of ether oxygens (including phenoxy) is 2. The summed E-state index contributed by atoms with van der Waals surface area (Å²) in [7, 11) is 0. The van der Waals surface area contributed by atoms with Crippen LogP contribution in [0.5, 0.6) is 11.5 Å². The first-order valence-corrected chi connectivity index (χ1v) is 5.61. The largest absolute Gasteiger partial charge is 0.487 e. The van der Waals surface area contributed by atoms with Crippen LogP contribution in [0.3, 0.4) is 0 Å². The van der Waals surface area contributed by atoms with Gasteiger partial charge >= 0.3 is 0 Å². The summed E-state index contributed by atoms with van der Waals surface area (Å²) in [6.45, 7) is -0.383. The van der Waals surface area contributed by atoms with Crippen LogP contribution in [-0.4, -0.2) is 11.8 Å². The maximum absolute atomic E-state index is 11.9. The molecule has 1 aromatic carbocycles. The van der Waals surface area contributed by atoms with E-state index in [1.54, 1.807) is 29.8 Å². The molecule has 0 aliphatic carbocycles. The first-order valence-electron chi connectivity index (χ1n) is 4.67. The zero-order chi connectivity index (χ0) is 11.2. The maximum Gasteiger partial charge on any atom is 0.228 e. The monoisotopic (exact) mass is 239 g/mol. The quantitative estimate of drug-likeness (QED) is 0.803. The van der Waals surface area contributed by atoms with Crippen molar-refractivity contribution in [3.05, 3.63) is 40.8 Å². The average molecular weight is 239 g/mol. The Hall–Kier alpha value is -1.62. The third-order valence-corrected chi connectivity index (χ3v) is 2.55. The van der Waals surface area contributed by atoms with Crippen molar-refractivity contribution in [2.24, 2.45) is 0 Å². The number of hydrogen-bond acceptors (Lipinski definition) is 4. The van der Waals surface area contributed by atoms with Crippen LogP contribution in [0, 0.1) is 0 Å². The smallest absolute Gasteiger partial charge is 0.228 e. The Kier molecular flexibility index (Phi) is 3.71. The first-order chi connectivity index (χ1) is 7.88. The van der Waals surface area contributed by atoms with Gasteiger partial charge in [0, 0.05) is 5.38 Å². The maximum atomic E-state index is 11.9. The summed E-state index contributed by atoms with van der Waals surface area (Å²) in [4.78, 5) is 4.10. The van der Waals surface area contributed by atoms with Gasteiger partial charge in [0.15, 0.2) is 0 Å². The van der Waals surface area contributed by atoms with Gasteiger partial charge in [0.1, 0.15) is 18.1 Å². The molecule has 0 spiro atoms. The topological polar surface area (TPSA) is 31.4 Å². The Morgan fingerprint density at radius 3 is 2.38 bits per heavy atom. The van der Waals surface area contributed by atoms with E-state index in [0.717, 1.165) is 5.69 Å². The second kappa shape index (κ2) is 5.46. The molecular weight excluding hydrogens is 229 g/mol. The Morgan fingerprint density at radius 2 is 1.81 bits per heavy atom. The van der Waals surface area contributed by atoms with Gasteiger partial charge in [-0.25, -0.2) is 9.37 Å². The minimum Gasteiger partial charge on any atom is -0.487 e. The van der Waals surface area contributed by atoms with Crippen LogP contribution in [0.15, 0.2) is 35.2 Å². The van der Waals surface area contributed by atoms with E-state index >= 15 is 0 Å². The molecule has 0 unspecified atom stereocenters. The lowest BCUT2D eigenvalue weighted by atomic mass is 10.3. The Labute approximate surface area is 96.5 Å². The number of alkyl halides is 1. The van der Waals surface area contributed by atoms with Gasteiger partial charge in [0.25, 0.3) is 0 Å². The molecule has 1 aromatic heterocycles. The van der Waals surface area contributed by atoms with Gasteiger partial charge in [0.2, 0.25) is 6.86 Å². The number of halogens is 1. The fraction of sp³-hybridized carbons (Fsp3) is 0.182. The van der Waals surface area contributed by atoms with Crippen LogP contribution < -0.4 is 9.47 Å². The second-order valence-electron chi connectivity index (χ2n) is 2.99. The molecule has 0 atom stereocenters. The lowest BCUT2D eigenvalue weighted by Gasteiger charge is -2.05. The van der Waals surface area contributed by atoms with Crippen LogP contribution in [-0.2, 0) is 6.61 Å². The van der Waals surface area contributed by atoms with Gasteiger partial charge < -0.3 is 9.47 Å². The van der Waals surface area contributed by atoms with Crippen LogP contribution in [0.1, 0.15) is 5.69 Å². The number of aromatic nitrogens is 1. The van der Waals surface area contributed by atoms with Crippen molar-refractivity contribution in [2.75, 3.05) is 6.86 Å². The molecule has 0 aliphatic rings. The van der Waals surface area contributed by atoms with E-state index in [9.17, 15) is 4.39 Å². The molecule has 0 aliphatic heterocycles.